The number of rotatable bonds is 5. The molecule has 0 atom stereocenters. The number of aromatic carboxylic acids is 1. The third-order valence-corrected chi connectivity index (χ3v) is 5.70. The predicted molar refractivity (Wildman–Crippen MR) is 96.6 cm³/mol. The van der Waals surface area contributed by atoms with Crippen LogP contribution in [0.15, 0.2) is 28.8 Å². The van der Waals surface area contributed by atoms with E-state index in [0.717, 1.165) is 37.9 Å². The van der Waals surface area contributed by atoms with Crippen LogP contribution in [0.4, 0.5) is 0 Å². The molecule has 1 aromatic heterocycles. The van der Waals surface area contributed by atoms with Gasteiger partial charge in [-0.1, -0.05) is 11.6 Å². The molecule has 0 bridgehead atoms. The smallest absolute Gasteiger partial charge is 0.335 e. The molecule has 2 heterocycles. The fourth-order valence-electron chi connectivity index (χ4n) is 3.71. The SMILES string of the molecule is O=C(O)c1ccc(C(=O)N2CCC(Cc3nc(C4CCC4)no3)CC2)cc1. The van der Waals surface area contributed by atoms with Crippen LogP contribution in [-0.2, 0) is 6.42 Å². The van der Waals surface area contributed by atoms with E-state index in [2.05, 4.69) is 10.1 Å². The molecule has 1 aliphatic carbocycles. The van der Waals surface area contributed by atoms with Crippen molar-refractivity contribution in [2.24, 2.45) is 5.92 Å². The van der Waals surface area contributed by atoms with Crippen molar-refractivity contribution in [3.05, 3.63) is 47.1 Å². The Hall–Kier alpha value is -2.70. The number of hydrogen-bond acceptors (Lipinski definition) is 5. The van der Waals surface area contributed by atoms with E-state index in [-0.39, 0.29) is 11.5 Å². The number of likely N-dealkylation sites (tertiary alicyclic amines) is 1. The number of carboxylic acid groups (broad SMARTS) is 1. The van der Waals surface area contributed by atoms with Crippen molar-refractivity contribution in [2.45, 2.75) is 44.4 Å². The molecular formula is C20H23N3O4. The molecule has 1 amide bonds. The summed E-state index contributed by atoms with van der Waals surface area (Å²) in [6.07, 6.45) is 6.15. The lowest BCUT2D eigenvalue weighted by Crippen LogP contribution is -2.38. The van der Waals surface area contributed by atoms with Gasteiger partial charge in [-0.2, -0.15) is 4.98 Å². The van der Waals surface area contributed by atoms with Gasteiger partial charge in [-0.05, 0) is 55.9 Å². The molecule has 2 fully saturated rings. The van der Waals surface area contributed by atoms with Gasteiger partial charge in [-0.25, -0.2) is 4.79 Å². The van der Waals surface area contributed by atoms with Crippen LogP contribution >= 0.6 is 0 Å². The molecule has 1 N–H and O–H groups in total. The van der Waals surface area contributed by atoms with E-state index in [1.807, 2.05) is 4.90 Å². The van der Waals surface area contributed by atoms with Crippen LogP contribution in [0.1, 0.15) is 70.5 Å². The minimum atomic E-state index is -0.990. The zero-order valence-corrected chi connectivity index (χ0v) is 15.1. The van der Waals surface area contributed by atoms with Crippen molar-refractivity contribution in [1.82, 2.24) is 15.0 Å². The molecule has 0 spiro atoms. The van der Waals surface area contributed by atoms with Crippen molar-refractivity contribution in [3.8, 4) is 0 Å². The van der Waals surface area contributed by atoms with Gasteiger partial charge in [-0.3, -0.25) is 4.79 Å². The summed E-state index contributed by atoms with van der Waals surface area (Å²) in [5.74, 6) is 1.46. The van der Waals surface area contributed by atoms with E-state index >= 15 is 0 Å². The summed E-state index contributed by atoms with van der Waals surface area (Å²) in [5, 5.41) is 13.1. The molecule has 7 nitrogen and oxygen atoms in total. The topological polar surface area (TPSA) is 96.5 Å². The number of carbonyl (C=O) groups is 2. The van der Waals surface area contributed by atoms with Gasteiger partial charge < -0.3 is 14.5 Å². The van der Waals surface area contributed by atoms with E-state index in [1.165, 1.54) is 18.6 Å². The minimum Gasteiger partial charge on any atom is -0.478 e. The Balaban J connectivity index is 1.29. The number of amides is 1. The van der Waals surface area contributed by atoms with Crippen molar-refractivity contribution < 1.29 is 19.2 Å². The molecule has 1 saturated heterocycles. The van der Waals surface area contributed by atoms with Crippen molar-refractivity contribution >= 4 is 11.9 Å². The number of aromatic nitrogens is 2. The summed E-state index contributed by atoms with van der Waals surface area (Å²) in [6, 6.07) is 6.10. The lowest BCUT2D eigenvalue weighted by Gasteiger charge is -2.31. The Bertz CT molecular complexity index is 818. The van der Waals surface area contributed by atoms with Crippen LogP contribution < -0.4 is 0 Å². The fourth-order valence-corrected chi connectivity index (χ4v) is 3.71. The van der Waals surface area contributed by atoms with Crippen LogP contribution in [0.3, 0.4) is 0 Å². The molecule has 2 aliphatic rings. The van der Waals surface area contributed by atoms with Crippen LogP contribution in [0.25, 0.3) is 0 Å². The standard InChI is InChI=1S/C20H23N3O4/c24-19(15-4-6-16(7-5-15)20(25)26)23-10-8-13(9-11-23)12-17-21-18(22-27-17)14-2-1-3-14/h4-7,13-14H,1-3,8-12H2,(H,25,26). The quantitative estimate of drug-likeness (QED) is 0.870. The summed E-state index contributed by atoms with van der Waals surface area (Å²) < 4.78 is 5.41. The van der Waals surface area contributed by atoms with E-state index < -0.39 is 5.97 Å². The molecular weight excluding hydrogens is 346 g/mol. The summed E-state index contributed by atoms with van der Waals surface area (Å²) in [7, 11) is 0. The number of benzene rings is 1. The van der Waals surface area contributed by atoms with Gasteiger partial charge in [0.1, 0.15) is 0 Å². The molecule has 0 unspecified atom stereocenters. The average molecular weight is 369 g/mol. The first-order valence-corrected chi connectivity index (χ1v) is 9.55. The Morgan fingerprint density at radius 2 is 1.74 bits per heavy atom. The van der Waals surface area contributed by atoms with Crippen LogP contribution in [0, 0.1) is 5.92 Å². The second-order valence-electron chi connectivity index (χ2n) is 7.50. The maximum Gasteiger partial charge on any atom is 0.335 e. The van der Waals surface area contributed by atoms with Gasteiger partial charge in [0.25, 0.3) is 5.91 Å². The summed E-state index contributed by atoms with van der Waals surface area (Å²) in [5.41, 5.74) is 0.714. The average Bonchev–Trinajstić information content (AvgIpc) is 3.08. The highest BCUT2D eigenvalue weighted by Gasteiger charge is 2.27. The van der Waals surface area contributed by atoms with Gasteiger partial charge >= 0.3 is 5.97 Å². The Kier molecular flexibility index (Phi) is 4.92. The molecule has 1 saturated carbocycles. The van der Waals surface area contributed by atoms with Gasteiger partial charge in [0.2, 0.25) is 5.89 Å². The Morgan fingerprint density at radius 3 is 2.33 bits per heavy atom. The number of piperidine rings is 1. The minimum absolute atomic E-state index is 0.0459. The normalized spacial score (nSPS) is 18.3. The van der Waals surface area contributed by atoms with E-state index in [0.29, 0.717) is 36.4 Å². The first-order valence-electron chi connectivity index (χ1n) is 9.55. The predicted octanol–water partition coefficient (Wildman–Crippen LogP) is 3.13. The van der Waals surface area contributed by atoms with Gasteiger partial charge in [0.05, 0.1) is 5.56 Å². The molecule has 7 heteroatoms. The van der Waals surface area contributed by atoms with Crippen molar-refractivity contribution in [3.63, 3.8) is 0 Å². The lowest BCUT2D eigenvalue weighted by atomic mass is 9.85. The maximum atomic E-state index is 12.6. The summed E-state index contributed by atoms with van der Waals surface area (Å²) >= 11 is 0. The third kappa shape index (κ3) is 3.86. The monoisotopic (exact) mass is 369 g/mol. The van der Waals surface area contributed by atoms with E-state index in [4.69, 9.17) is 9.63 Å². The fraction of sp³-hybridized carbons (Fsp3) is 0.500. The zero-order chi connectivity index (χ0) is 18.8. The molecule has 1 aliphatic heterocycles. The van der Waals surface area contributed by atoms with Gasteiger partial charge in [0.15, 0.2) is 5.82 Å². The molecule has 4 rings (SSSR count). The number of nitrogens with zero attached hydrogens (tertiary/aromatic N) is 3. The second-order valence-corrected chi connectivity index (χ2v) is 7.50. The van der Waals surface area contributed by atoms with Crippen LogP contribution in [0.2, 0.25) is 0 Å². The summed E-state index contributed by atoms with van der Waals surface area (Å²) in [4.78, 5) is 29.9. The Labute approximate surface area is 157 Å². The number of carbonyl (C=O) groups excluding carboxylic acids is 1. The molecule has 142 valence electrons. The van der Waals surface area contributed by atoms with E-state index in [1.54, 1.807) is 12.1 Å². The maximum absolute atomic E-state index is 12.6. The van der Waals surface area contributed by atoms with Gasteiger partial charge in [0, 0.05) is 31.0 Å². The first-order chi connectivity index (χ1) is 13.1. The lowest BCUT2D eigenvalue weighted by molar-refractivity contribution is 0.0677. The highest BCUT2D eigenvalue weighted by Crippen LogP contribution is 2.34. The van der Waals surface area contributed by atoms with Crippen molar-refractivity contribution in [2.75, 3.05) is 13.1 Å². The van der Waals surface area contributed by atoms with Crippen molar-refractivity contribution in [1.29, 1.82) is 0 Å². The first kappa shape index (κ1) is 17.7. The molecule has 2 aromatic rings. The number of hydrogen-bond donors (Lipinski definition) is 1. The summed E-state index contributed by atoms with van der Waals surface area (Å²) in [6.45, 7) is 1.38. The van der Waals surface area contributed by atoms with Crippen LogP contribution in [0.5, 0.6) is 0 Å². The highest BCUT2D eigenvalue weighted by molar-refractivity contribution is 5.95. The van der Waals surface area contributed by atoms with E-state index in [9.17, 15) is 9.59 Å². The third-order valence-electron chi connectivity index (χ3n) is 5.70. The second kappa shape index (κ2) is 7.50. The highest BCUT2D eigenvalue weighted by atomic mass is 16.5. The number of carboxylic acids is 1. The zero-order valence-electron chi connectivity index (χ0n) is 15.1. The Morgan fingerprint density at radius 1 is 1.07 bits per heavy atom. The molecule has 1 aromatic carbocycles. The molecule has 27 heavy (non-hydrogen) atoms. The van der Waals surface area contributed by atoms with Crippen LogP contribution in [-0.4, -0.2) is 45.1 Å². The molecule has 0 radical (unpaired) electrons. The van der Waals surface area contributed by atoms with Gasteiger partial charge in [-0.15, -0.1) is 0 Å². The largest absolute Gasteiger partial charge is 0.478 e.